The highest BCUT2D eigenvalue weighted by Crippen LogP contribution is 2.20. The van der Waals surface area contributed by atoms with Crippen LogP contribution in [0.4, 0.5) is 5.69 Å². The summed E-state index contributed by atoms with van der Waals surface area (Å²) in [6.07, 6.45) is 0. The third kappa shape index (κ3) is 3.24. The molecule has 0 saturated heterocycles. The van der Waals surface area contributed by atoms with Crippen molar-refractivity contribution in [1.29, 1.82) is 0 Å². The van der Waals surface area contributed by atoms with E-state index in [1.54, 1.807) is 25.1 Å². The van der Waals surface area contributed by atoms with E-state index in [2.05, 4.69) is 10.6 Å². The van der Waals surface area contributed by atoms with Gasteiger partial charge in [0.25, 0.3) is 0 Å². The van der Waals surface area contributed by atoms with Crippen LogP contribution < -0.4 is 10.6 Å². The second-order valence-corrected chi connectivity index (χ2v) is 3.95. The Hall–Kier alpha value is -1.55. The molecule has 1 unspecified atom stereocenters. The summed E-state index contributed by atoms with van der Waals surface area (Å²) in [5.41, 5.74) is 1.46. The number of anilines is 1. The van der Waals surface area contributed by atoms with Crippen LogP contribution in [0.3, 0.4) is 0 Å². The van der Waals surface area contributed by atoms with Gasteiger partial charge in [-0.2, -0.15) is 0 Å². The first-order valence-corrected chi connectivity index (χ1v) is 5.29. The molecule has 1 rings (SSSR count). The highest BCUT2D eigenvalue weighted by atomic mass is 16.3. The third-order valence-corrected chi connectivity index (χ3v) is 2.42. The zero-order chi connectivity index (χ0) is 12.1. The summed E-state index contributed by atoms with van der Waals surface area (Å²) in [5, 5.41) is 15.1. The minimum Gasteiger partial charge on any atom is -0.508 e. The van der Waals surface area contributed by atoms with Crippen molar-refractivity contribution < 1.29 is 9.90 Å². The first-order chi connectivity index (χ1) is 7.54. The van der Waals surface area contributed by atoms with Gasteiger partial charge in [-0.1, -0.05) is 6.92 Å². The van der Waals surface area contributed by atoms with Gasteiger partial charge in [0, 0.05) is 18.2 Å². The Kier molecular flexibility index (Phi) is 4.31. The van der Waals surface area contributed by atoms with Crippen LogP contribution in [-0.4, -0.2) is 24.6 Å². The minimum atomic E-state index is -0.0842. The molecule has 1 atom stereocenters. The van der Waals surface area contributed by atoms with Gasteiger partial charge in [0.1, 0.15) is 5.75 Å². The van der Waals surface area contributed by atoms with E-state index in [0.29, 0.717) is 12.2 Å². The van der Waals surface area contributed by atoms with Gasteiger partial charge < -0.3 is 15.7 Å². The largest absolute Gasteiger partial charge is 0.508 e. The Labute approximate surface area is 95.7 Å². The van der Waals surface area contributed by atoms with E-state index in [1.165, 1.54) is 0 Å². The van der Waals surface area contributed by atoms with Crippen molar-refractivity contribution in [2.75, 3.05) is 18.9 Å². The van der Waals surface area contributed by atoms with E-state index in [0.717, 1.165) is 5.56 Å². The van der Waals surface area contributed by atoms with Crippen LogP contribution in [0.15, 0.2) is 18.2 Å². The maximum atomic E-state index is 11.7. The first-order valence-electron chi connectivity index (χ1n) is 5.29. The van der Waals surface area contributed by atoms with Gasteiger partial charge in [0.05, 0.1) is 0 Å². The maximum absolute atomic E-state index is 11.7. The van der Waals surface area contributed by atoms with Crippen molar-refractivity contribution in [2.24, 2.45) is 5.92 Å². The Morgan fingerprint density at radius 3 is 2.75 bits per heavy atom. The summed E-state index contributed by atoms with van der Waals surface area (Å²) in [7, 11) is 1.81. The van der Waals surface area contributed by atoms with Crippen LogP contribution >= 0.6 is 0 Å². The molecule has 0 radical (unpaired) electrons. The summed E-state index contributed by atoms with van der Waals surface area (Å²) in [6, 6.07) is 5.01. The van der Waals surface area contributed by atoms with E-state index in [-0.39, 0.29) is 17.6 Å². The Morgan fingerprint density at radius 1 is 1.50 bits per heavy atom. The monoisotopic (exact) mass is 222 g/mol. The number of phenols is 1. The topological polar surface area (TPSA) is 61.4 Å². The zero-order valence-corrected chi connectivity index (χ0v) is 9.87. The van der Waals surface area contributed by atoms with Crippen LogP contribution in [0.2, 0.25) is 0 Å². The first kappa shape index (κ1) is 12.5. The summed E-state index contributed by atoms with van der Waals surface area (Å²) in [5.74, 6) is 0.125. The molecule has 16 heavy (non-hydrogen) atoms. The predicted molar refractivity (Wildman–Crippen MR) is 64.6 cm³/mol. The fourth-order valence-corrected chi connectivity index (χ4v) is 1.40. The van der Waals surface area contributed by atoms with Gasteiger partial charge in [-0.05, 0) is 37.7 Å². The van der Waals surface area contributed by atoms with E-state index in [1.807, 2.05) is 14.0 Å². The molecule has 0 heterocycles. The van der Waals surface area contributed by atoms with Crippen molar-refractivity contribution in [1.82, 2.24) is 5.32 Å². The van der Waals surface area contributed by atoms with Gasteiger partial charge in [-0.3, -0.25) is 4.79 Å². The molecule has 0 aliphatic rings. The highest BCUT2D eigenvalue weighted by molar-refractivity contribution is 5.92. The third-order valence-electron chi connectivity index (χ3n) is 2.42. The van der Waals surface area contributed by atoms with Crippen molar-refractivity contribution in [2.45, 2.75) is 13.8 Å². The van der Waals surface area contributed by atoms with Crippen molar-refractivity contribution in [3.63, 3.8) is 0 Å². The smallest absolute Gasteiger partial charge is 0.228 e. The molecule has 0 aromatic heterocycles. The summed E-state index contributed by atoms with van der Waals surface area (Å²) < 4.78 is 0. The molecular formula is C12H18N2O2. The number of hydrogen-bond acceptors (Lipinski definition) is 3. The fraction of sp³-hybridized carbons (Fsp3) is 0.417. The summed E-state index contributed by atoms with van der Waals surface area (Å²) in [6.45, 7) is 4.30. The number of aromatic hydroxyl groups is 1. The van der Waals surface area contributed by atoms with Crippen LogP contribution in [0, 0.1) is 12.8 Å². The molecule has 0 bridgehead atoms. The van der Waals surface area contributed by atoms with Gasteiger partial charge in [0.15, 0.2) is 0 Å². The molecule has 88 valence electrons. The summed E-state index contributed by atoms with van der Waals surface area (Å²) >= 11 is 0. The van der Waals surface area contributed by atoms with Crippen LogP contribution in [-0.2, 0) is 4.79 Å². The van der Waals surface area contributed by atoms with Gasteiger partial charge in [0.2, 0.25) is 5.91 Å². The Balaban J connectivity index is 2.66. The summed E-state index contributed by atoms with van der Waals surface area (Å²) in [4.78, 5) is 11.7. The lowest BCUT2D eigenvalue weighted by Crippen LogP contribution is -2.28. The number of aryl methyl sites for hydroxylation is 1. The average Bonchev–Trinajstić information content (AvgIpc) is 2.24. The Morgan fingerprint density at radius 2 is 2.19 bits per heavy atom. The van der Waals surface area contributed by atoms with E-state index < -0.39 is 0 Å². The van der Waals surface area contributed by atoms with Gasteiger partial charge in [-0.15, -0.1) is 0 Å². The molecule has 3 N–H and O–H groups in total. The number of carbonyl (C=O) groups is 1. The lowest BCUT2D eigenvalue weighted by molar-refractivity contribution is -0.119. The molecule has 0 aliphatic heterocycles. The van der Waals surface area contributed by atoms with Crippen LogP contribution in [0.25, 0.3) is 0 Å². The molecule has 1 aromatic carbocycles. The number of benzene rings is 1. The van der Waals surface area contributed by atoms with E-state index >= 15 is 0 Å². The second kappa shape index (κ2) is 5.51. The van der Waals surface area contributed by atoms with Crippen molar-refractivity contribution in [3.8, 4) is 5.75 Å². The molecule has 1 aromatic rings. The molecule has 1 amide bonds. The molecule has 4 heteroatoms. The molecule has 0 fully saturated rings. The molecular weight excluding hydrogens is 204 g/mol. The standard InChI is InChI=1S/C12H18N2O2/c1-8-6-10(4-5-11(8)15)14-12(16)9(2)7-13-3/h4-6,9,13,15H,7H2,1-3H3,(H,14,16). The maximum Gasteiger partial charge on any atom is 0.228 e. The van der Waals surface area contributed by atoms with Crippen molar-refractivity contribution >= 4 is 11.6 Å². The normalized spacial score (nSPS) is 12.2. The fourth-order valence-electron chi connectivity index (χ4n) is 1.40. The van der Waals surface area contributed by atoms with Gasteiger partial charge in [-0.25, -0.2) is 0 Å². The lowest BCUT2D eigenvalue weighted by Gasteiger charge is -2.12. The number of phenolic OH excluding ortho intramolecular Hbond substituents is 1. The highest BCUT2D eigenvalue weighted by Gasteiger charge is 2.11. The quantitative estimate of drug-likeness (QED) is 0.676. The van der Waals surface area contributed by atoms with Crippen molar-refractivity contribution in [3.05, 3.63) is 23.8 Å². The van der Waals surface area contributed by atoms with Crippen LogP contribution in [0.1, 0.15) is 12.5 Å². The predicted octanol–water partition coefficient (Wildman–Crippen LogP) is 1.49. The molecule has 0 saturated carbocycles. The van der Waals surface area contributed by atoms with E-state index in [4.69, 9.17) is 0 Å². The minimum absolute atomic E-state index is 0.0283. The lowest BCUT2D eigenvalue weighted by atomic mass is 10.1. The number of rotatable bonds is 4. The molecule has 0 spiro atoms. The number of nitrogens with one attached hydrogen (secondary N) is 2. The van der Waals surface area contributed by atoms with Gasteiger partial charge >= 0.3 is 0 Å². The SMILES string of the molecule is CNCC(C)C(=O)Nc1ccc(O)c(C)c1. The Bertz CT molecular complexity index is 377. The number of hydrogen-bond donors (Lipinski definition) is 3. The zero-order valence-electron chi connectivity index (χ0n) is 9.87. The van der Waals surface area contributed by atoms with Crippen LogP contribution in [0.5, 0.6) is 5.75 Å². The number of carbonyl (C=O) groups excluding carboxylic acids is 1. The molecule has 0 aliphatic carbocycles. The number of amides is 1. The van der Waals surface area contributed by atoms with E-state index in [9.17, 15) is 9.90 Å². The average molecular weight is 222 g/mol. The molecule has 4 nitrogen and oxygen atoms in total. The second-order valence-electron chi connectivity index (χ2n) is 3.95.